The average molecular weight is 588 g/mol. The minimum Gasteiger partial charge on any atom is -0.508 e. The highest BCUT2D eigenvalue weighted by atomic mass is 19.1. The second-order valence-corrected chi connectivity index (χ2v) is 14.4. The van der Waals surface area contributed by atoms with Gasteiger partial charge in [0, 0.05) is 49.1 Å². The van der Waals surface area contributed by atoms with Gasteiger partial charge in [-0.05, 0) is 97.7 Å². The van der Waals surface area contributed by atoms with Crippen molar-refractivity contribution in [1.29, 1.82) is 0 Å². The molecule has 2 aliphatic carbocycles. The number of phenolic OH excluding ortho intramolecular Hbond substituents is 1. The molecule has 2 aromatic carbocycles. The lowest BCUT2D eigenvalue weighted by Gasteiger charge is -2.34. The van der Waals surface area contributed by atoms with Crippen molar-refractivity contribution < 1.29 is 18.6 Å². The molecule has 5 heterocycles. The number of alkyl halides is 1. The Labute approximate surface area is 250 Å². The van der Waals surface area contributed by atoms with Gasteiger partial charge in [-0.3, -0.25) is 4.90 Å². The molecule has 6 atom stereocenters. The SMILES string of the molecule is CC12CC1CCc1cc(O)cc(-c3ccc4c(N5C[C@H]6CC[C@@H](C5)N6)nc(OC[C@@]56CCCN5C[C@H](F)C6)nc4c3F)c12. The lowest BCUT2D eigenvalue weighted by molar-refractivity contribution is 0.107. The number of hydrogen-bond donors (Lipinski definition) is 2. The smallest absolute Gasteiger partial charge is 0.319 e. The maximum atomic E-state index is 16.9. The van der Waals surface area contributed by atoms with Gasteiger partial charge in [-0.2, -0.15) is 9.97 Å². The molecular weight excluding hydrogens is 548 g/mol. The van der Waals surface area contributed by atoms with Crippen LogP contribution in [0.1, 0.15) is 63.0 Å². The van der Waals surface area contributed by atoms with Gasteiger partial charge in [-0.15, -0.1) is 0 Å². The Kier molecular flexibility index (Phi) is 5.66. The topological polar surface area (TPSA) is 73.8 Å². The van der Waals surface area contributed by atoms with Gasteiger partial charge >= 0.3 is 6.01 Å². The lowest BCUT2D eigenvalue weighted by Crippen LogP contribution is -2.51. The molecule has 2 unspecified atom stereocenters. The number of nitrogens with zero attached hydrogens (tertiary/aromatic N) is 4. The molecule has 7 nitrogen and oxygen atoms in total. The van der Waals surface area contributed by atoms with Crippen molar-refractivity contribution in [3.8, 4) is 22.9 Å². The van der Waals surface area contributed by atoms with E-state index >= 15 is 4.39 Å². The Morgan fingerprint density at radius 2 is 1.91 bits per heavy atom. The van der Waals surface area contributed by atoms with E-state index in [0.717, 1.165) is 75.7 Å². The molecule has 226 valence electrons. The normalized spacial score (nSPS) is 34.3. The molecule has 43 heavy (non-hydrogen) atoms. The van der Waals surface area contributed by atoms with Gasteiger partial charge < -0.3 is 20.1 Å². The summed E-state index contributed by atoms with van der Waals surface area (Å²) in [6.45, 7) is 5.49. The first-order valence-electron chi connectivity index (χ1n) is 16.2. The van der Waals surface area contributed by atoms with Gasteiger partial charge in [0.1, 0.15) is 29.9 Å². The van der Waals surface area contributed by atoms with Crippen molar-refractivity contribution >= 4 is 16.7 Å². The van der Waals surface area contributed by atoms with Gasteiger partial charge in [-0.1, -0.05) is 13.0 Å². The standard InChI is InChI=1S/C34H39F2N5O2/c1-33-13-20(33)4-3-19-11-24(42)12-27(28(19)33)25-7-8-26-30(29(25)36)38-32(39-31(26)40-16-22-5-6-23(17-40)37-22)43-18-34-9-2-10-41(34)15-21(35)14-34/h7-8,11-12,20-23,37,42H,2-6,9-10,13-18H2,1H3/t20?,21-,22-,23+,33?,34+/m1/s1. The maximum Gasteiger partial charge on any atom is 0.319 e. The monoisotopic (exact) mass is 587 g/mol. The summed E-state index contributed by atoms with van der Waals surface area (Å²) in [5.41, 5.74) is 3.44. The van der Waals surface area contributed by atoms with Crippen LogP contribution in [0.15, 0.2) is 24.3 Å². The molecule has 3 aromatic rings. The van der Waals surface area contributed by atoms with Crippen molar-refractivity contribution in [3.05, 3.63) is 41.2 Å². The van der Waals surface area contributed by atoms with E-state index in [1.54, 1.807) is 6.07 Å². The Bertz CT molecular complexity index is 1640. The van der Waals surface area contributed by atoms with Crippen LogP contribution in [0.5, 0.6) is 11.8 Å². The third-order valence-electron chi connectivity index (χ3n) is 11.8. The van der Waals surface area contributed by atoms with Crippen molar-refractivity contribution in [2.45, 2.75) is 87.5 Å². The molecule has 4 saturated heterocycles. The highest BCUT2D eigenvalue weighted by Crippen LogP contribution is 2.62. The summed E-state index contributed by atoms with van der Waals surface area (Å²) in [6, 6.07) is 8.30. The fraction of sp³-hybridized carbons (Fsp3) is 0.588. The Balaban J connectivity index is 1.16. The summed E-state index contributed by atoms with van der Waals surface area (Å²) in [5, 5.41) is 15.0. The number of halogens is 2. The van der Waals surface area contributed by atoms with Crippen LogP contribution < -0.4 is 15.0 Å². The van der Waals surface area contributed by atoms with Crippen LogP contribution in [0.2, 0.25) is 0 Å². The second kappa shape index (κ2) is 9.24. The van der Waals surface area contributed by atoms with E-state index in [0.29, 0.717) is 54.3 Å². The average Bonchev–Trinajstić information content (AvgIpc) is 3.17. The highest BCUT2D eigenvalue weighted by Gasteiger charge is 2.55. The minimum atomic E-state index is -0.852. The molecule has 2 N–H and O–H groups in total. The fourth-order valence-corrected chi connectivity index (χ4v) is 9.54. The zero-order valence-electron chi connectivity index (χ0n) is 24.7. The minimum absolute atomic E-state index is 0.0191. The molecule has 9 heteroatoms. The quantitative estimate of drug-likeness (QED) is 0.422. The second-order valence-electron chi connectivity index (χ2n) is 14.4. The molecule has 1 aromatic heterocycles. The first-order chi connectivity index (χ1) is 20.8. The van der Waals surface area contributed by atoms with E-state index in [-0.39, 0.29) is 28.2 Å². The van der Waals surface area contributed by atoms with Crippen LogP contribution in [-0.2, 0) is 11.8 Å². The van der Waals surface area contributed by atoms with Crippen molar-refractivity contribution in [3.63, 3.8) is 0 Å². The van der Waals surface area contributed by atoms with Crippen molar-refractivity contribution in [2.75, 3.05) is 37.7 Å². The number of anilines is 1. The number of rotatable bonds is 5. The molecule has 4 aliphatic heterocycles. The van der Waals surface area contributed by atoms with Crippen LogP contribution in [-0.4, -0.2) is 76.6 Å². The number of aryl methyl sites for hydroxylation is 1. The summed E-state index contributed by atoms with van der Waals surface area (Å²) < 4.78 is 37.7. The van der Waals surface area contributed by atoms with Gasteiger partial charge in [-0.25, -0.2) is 8.78 Å². The number of aromatic hydroxyl groups is 1. The fourth-order valence-electron chi connectivity index (χ4n) is 9.54. The van der Waals surface area contributed by atoms with E-state index in [2.05, 4.69) is 22.0 Å². The number of fused-ring (bicyclic) bond motifs is 7. The van der Waals surface area contributed by atoms with Crippen LogP contribution in [0.3, 0.4) is 0 Å². The van der Waals surface area contributed by atoms with Crippen molar-refractivity contribution in [2.24, 2.45) is 5.92 Å². The molecule has 2 bridgehead atoms. The number of benzene rings is 2. The first-order valence-corrected chi connectivity index (χ1v) is 16.2. The van der Waals surface area contributed by atoms with Gasteiger partial charge in [0.25, 0.3) is 0 Å². The van der Waals surface area contributed by atoms with E-state index in [1.165, 1.54) is 5.56 Å². The third kappa shape index (κ3) is 4.03. The molecule has 6 aliphatic rings. The van der Waals surface area contributed by atoms with Crippen LogP contribution in [0, 0.1) is 11.7 Å². The van der Waals surface area contributed by atoms with E-state index in [4.69, 9.17) is 14.7 Å². The largest absolute Gasteiger partial charge is 0.508 e. The summed E-state index contributed by atoms with van der Waals surface area (Å²) in [7, 11) is 0. The highest BCUT2D eigenvalue weighted by molar-refractivity contribution is 5.94. The number of nitrogens with one attached hydrogen (secondary N) is 1. The predicted molar refractivity (Wildman–Crippen MR) is 161 cm³/mol. The van der Waals surface area contributed by atoms with Gasteiger partial charge in [0.15, 0.2) is 5.82 Å². The van der Waals surface area contributed by atoms with Gasteiger partial charge in [0.05, 0.1) is 5.54 Å². The zero-order chi connectivity index (χ0) is 29.1. The molecule has 9 rings (SSSR count). The Morgan fingerprint density at radius 3 is 2.74 bits per heavy atom. The summed E-state index contributed by atoms with van der Waals surface area (Å²) in [6.07, 6.45) is 6.87. The van der Waals surface area contributed by atoms with Gasteiger partial charge in [0.2, 0.25) is 0 Å². The molecule has 1 saturated carbocycles. The zero-order valence-corrected chi connectivity index (χ0v) is 24.7. The number of piperazine rings is 1. The summed E-state index contributed by atoms with van der Waals surface area (Å²) in [5.74, 6) is 1.07. The predicted octanol–water partition coefficient (Wildman–Crippen LogP) is 5.26. The number of hydrogen-bond acceptors (Lipinski definition) is 7. The molecule has 0 spiro atoms. The summed E-state index contributed by atoms with van der Waals surface area (Å²) in [4.78, 5) is 14.1. The Morgan fingerprint density at radius 1 is 1.07 bits per heavy atom. The van der Waals surface area contributed by atoms with Crippen LogP contribution in [0.25, 0.3) is 22.0 Å². The van der Waals surface area contributed by atoms with Crippen LogP contribution in [0.4, 0.5) is 14.6 Å². The maximum absolute atomic E-state index is 16.9. The van der Waals surface area contributed by atoms with E-state index < -0.39 is 12.0 Å². The molecule has 0 radical (unpaired) electrons. The lowest BCUT2D eigenvalue weighted by atomic mass is 9.78. The van der Waals surface area contributed by atoms with Crippen molar-refractivity contribution in [1.82, 2.24) is 20.2 Å². The molecular formula is C34H39F2N5O2. The number of phenols is 1. The number of aromatic nitrogens is 2. The third-order valence-corrected chi connectivity index (χ3v) is 11.8. The summed E-state index contributed by atoms with van der Waals surface area (Å²) >= 11 is 0. The van der Waals surface area contributed by atoms with E-state index in [1.807, 2.05) is 18.2 Å². The van der Waals surface area contributed by atoms with Crippen LogP contribution >= 0.6 is 0 Å². The first kappa shape index (κ1) is 26.4. The molecule has 0 amide bonds. The van der Waals surface area contributed by atoms with E-state index in [9.17, 15) is 9.50 Å². The molecule has 5 fully saturated rings. The number of ether oxygens (including phenoxy) is 1. The Hall–Kier alpha value is -3.04.